The Kier molecular flexibility index (Phi) is 6.17. The van der Waals surface area contributed by atoms with Crippen molar-refractivity contribution in [3.8, 4) is 22.8 Å². The van der Waals surface area contributed by atoms with Gasteiger partial charge in [0.15, 0.2) is 11.5 Å². The van der Waals surface area contributed by atoms with Crippen molar-refractivity contribution < 1.29 is 32.3 Å². The van der Waals surface area contributed by atoms with Gasteiger partial charge in [-0.05, 0) is 61.7 Å². The van der Waals surface area contributed by atoms with Crippen LogP contribution in [-0.4, -0.2) is 43.9 Å². The highest BCUT2D eigenvalue weighted by atomic mass is 32.2. The van der Waals surface area contributed by atoms with E-state index >= 15 is 0 Å². The van der Waals surface area contributed by atoms with Crippen LogP contribution in [0.25, 0.3) is 11.3 Å². The maximum atomic E-state index is 13.2. The number of anilines is 1. The van der Waals surface area contributed by atoms with Crippen molar-refractivity contribution in [2.45, 2.75) is 36.2 Å². The van der Waals surface area contributed by atoms with Crippen molar-refractivity contribution in [3.05, 3.63) is 71.4 Å². The fourth-order valence-electron chi connectivity index (χ4n) is 4.15. The number of pyridine rings is 1. The van der Waals surface area contributed by atoms with Gasteiger partial charge in [-0.1, -0.05) is 24.3 Å². The van der Waals surface area contributed by atoms with E-state index in [2.05, 4.69) is 10.3 Å². The summed E-state index contributed by atoms with van der Waals surface area (Å²) >= 11 is 0. The van der Waals surface area contributed by atoms with E-state index in [0.717, 1.165) is 5.56 Å². The zero-order chi connectivity index (χ0) is 25.5. The molecule has 188 valence electrons. The molecule has 36 heavy (non-hydrogen) atoms. The molecule has 1 unspecified atom stereocenters. The maximum absolute atomic E-state index is 13.2. The summed E-state index contributed by atoms with van der Waals surface area (Å²) in [6, 6.07) is 16.5. The molecule has 1 aliphatic heterocycles. The molecule has 10 nitrogen and oxygen atoms in total. The van der Waals surface area contributed by atoms with Crippen LogP contribution in [0.2, 0.25) is 0 Å². The SMILES string of the molecule is C[C@@H](O)C[NH+]([O-])S(=O)(=O)c1ccc(-c2cccc(NC(=O)C3(c4ccc5c(c4)OCO5)CC3)n2)cc1. The molecule has 1 fully saturated rings. The summed E-state index contributed by atoms with van der Waals surface area (Å²) in [5.74, 6) is 1.50. The lowest BCUT2D eigenvalue weighted by molar-refractivity contribution is -0.712. The third kappa shape index (κ3) is 4.53. The summed E-state index contributed by atoms with van der Waals surface area (Å²) in [7, 11) is -4.19. The van der Waals surface area contributed by atoms with Crippen LogP contribution >= 0.6 is 0 Å². The monoisotopic (exact) mass is 511 g/mol. The van der Waals surface area contributed by atoms with Crippen LogP contribution in [0.3, 0.4) is 0 Å². The first-order valence-corrected chi connectivity index (χ1v) is 12.9. The van der Waals surface area contributed by atoms with Crippen LogP contribution in [0.5, 0.6) is 11.5 Å². The number of aliphatic hydroxyl groups excluding tert-OH is 1. The second-order valence-corrected chi connectivity index (χ2v) is 10.9. The molecule has 1 saturated carbocycles. The van der Waals surface area contributed by atoms with E-state index in [-0.39, 0.29) is 17.6 Å². The fraction of sp³-hybridized carbons (Fsp3) is 0.280. The molecule has 3 N–H and O–H groups in total. The highest BCUT2D eigenvalue weighted by Crippen LogP contribution is 2.51. The van der Waals surface area contributed by atoms with Crippen molar-refractivity contribution in [2.75, 3.05) is 18.7 Å². The van der Waals surface area contributed by atoms with Crippen molar-refractivity contribution >= 4 is 21.7 Å². The van der Waals surface area contributed by atoms with Gasteiger partial charge >= 0.3 is 10.0 Å². The summed E-state index contributed by atoms with van der Waals surface area (Å²) in [6.45, 7) is 1.05. The molecule has 2 aliphatic rings. The number of sulfonamides is 1. The van der Waals surface area contributed by atoms with Gasteiger partial charge in [-0.2, -0.15) is 8.42 Å². The Hall–Kier alpha value is -3.51. The smallest absolute Gasteiger partial charge is 0.325 e. The van der Waals surface area contributed by atoms with E-state index in [9.17, 15) is 23.5 Å². The molecule has 3 aromatic rings. The molecular weight excluding hydrogens is 486 g/mol. The number of aromatic nitrogens is 1. The van der Waals surface area contributed by atoms with Gasteiger partial charge in [-0.3, -0.25) is 9.26 Å². The van der Waals surface area contributed by atoms with Crippen LogP contribution in [0.15, 0.2) is 65.6 Å². The predicted molar refractivity (Wildman–Crippen MR) is 130 cm³/mol. The average molecular weight is 512 g/mol. The molecule has 1 amide bonds. The van der Waals surface area contributed by atoms with Crippen molar-refractivity contribution in [2.24, 2.45) is 0 Å². The number of aliphatic hydroxyl groups is 1. The standard InChI is InChI=1S/C25H25N3O7S/c1-16(29)14-28(31)36(32,33)19-8-5-17(6-9-19)20-3-2-4-23(26-20)27-24(30)25(11-12-25)18-7-10-21-22(13-18)35-15-34-21/h2-10,13,16,28-29H,11-12,14-15H2,1H3,(H,26,27,30)/t16-/m1/s1. The van der Waals surface area contributed by atoms with Crippen LogP contribution < -0.4 is 19.3 Å². The van der Waals surface area contributed by atoms with Crippen LogP contribution in [0.1, 0.15) is 25.3 Å². The van der Waals surface area contributed by atoms with Gasteiger partial charge in [-0.25, -0.2) is 4.98 Å². The normalized spacial score (nSPS) is 17.3. The Balaban J connectivity index is 1.32. The summed E-state index contributed by atoms with van der Waals surface area (Å²) in [6.07, 6.45) is 0.373. The Morgan fingerprint density at radius 2 is 1.86 bits per heavy atom. The summed E-state index contributed by atoms with van der Waals surface area (Å²) in [4.78, 5) is 17.6. The first kappa shape index (κ1) is 24.2. The first-order chi connectivity index (χ1) is 17.2. The molecule has 1 aromatic heterocycles. The third-order valence-electron chi connectivity index (χ3n) is 6.32. The molecule has 5 rings (SSSR count). The van der Waals surface area contributed by atoms with Gasteiger partial charge in [-0.15, -0.1) is 0 Å². The average Bonchev–Trinajstić information content (AvgIpc) is 3.54. The highest BCUT2D eigenvalue weighted by Gasteiger charge is 2.51. The van der Waals surface area contributed by atoms with Gasteiger partial charge in [0.05, 0.1) is 11.1 Å². The minimum absolute atomic E-state index is 0.152. The topological polar surface area (TPSA) is 142 Å². The molecule has 2 aromatic carbocycles. The molecule has 0 bridgehead atoms. The molecule has 0 radical (unpaired) electrons. The number of hydrogen-bond acceptors (Lipinski definition) is 8. The lowest BCUT2D eigenvalue weighted by atomic mass is 9.94. The van der Waals surface area contributed by atoms with E-state index in [1.807, 2.05) is 18.2 Å². The number of carbonyl (C=O) groups is 1. The highest BCUT2D eigenvalue weighted by molar-refractivity contribution is 7.85. The number of nitrogens with zero attached hydrogens (tertiary/aromatic N) is 1. The van der Waals surface area contributed by atoms with Crippen molar-refractivity contribution in [1.29, 1.82) is 0 Å². The van der Waals surface area contributed by atoms with Gasteiger partial charge in [0.1, 0.15) is 23.4 Å². The number of nitrogens with one attached hydrogen (secondary N) is 2. The zero-order valence-corrected chi connectivity index (χ0v) is 20.2. The van der Waals surface area contributed by atoms with E-state index in [1.54, 1.807) is 30.3 Å². The van der Waals surface area contributed by atoms with E-state index < -0.39 is 32.6 Å². The minimum Gasteiger partial charge on any atom is -0.618 e. The number of hydrogen-bond donors (Lipinski definition) is 3. The Morgan fingerprint density at radius 3 is 2.56 bits per heavy atom. The Morgan fingerprint density at radius 1 is 1.14 bits per heavy atom. The van der Waals surface area contributed by atoms with Gasteiger partial charge in [0, 0.05) is 5.56 Å². The maximum Gasteiger partial charge on any atom is 0.325 e. The lowest BCUT2D eigenvalue weighted by Gasteiger charge is -2.22. The number of hydroxylamine groups is 1. The largest absolute Gasteiger partial charge is 0.618 e. The first-order valence-electron chi connectivity index (χ1n) is 11.4. The molecular formula is C25H25N3O7S. The number of carbonyl (C=O) groups excluding carboxylic acids is 1. The van der Waals surface area contributed by atoms with Crippen LogP contribution in [-0.2, 0) is 20.2 Å². The minimum atomic E-state index is -4.19. The Labute approximate surface area is 208 Å². The van der Waals surface area contributed by atoms with E-state index in [1.165, 1.54) is 19.1 Å². The fourth-order valence-corrected chi connectivity index (χ4v) is 5.37. The molecule has 11 heteroatoms. The summed E-state index contributed by atoms with van der Waals surface area (Å²) in [5, 5.41) is 24.2. The lowest BCUT2D eigenvalue weighted by Crippen LogP contribution is -3.10. The number of quaternary nitrogens is 1. The molecule has 2 atom stereocenters. The molecule has 2 heterocycles. The van der Waals surface area contributed by atoms with Gasteiger partial charge in [0.2, 0.25) is 12.7 Å². The number of rotatable bonds is 8. The van der Waals surface area contributed by atoms with Crippen LogP contribution in [0, 0.1) is 5.21 Å². The summed E-state index contributed by atoms with van der Waals surface area (Å²) in [5.41, 5.74) is 1.36. The zero-order valence-electron chi connectivity index (χ0n) is 19.4. The van der Waals surface area contributed by atoms with Gasteiger partial charge < -0.3 is 25.1 Å². The van der Waals surface area contributed by atoms with Gasteiger partial charge in [0.25, 0.3) is 0 Å². The van der Waals surface area contributed by atoms with Crippen molar-refractivity contribution in [1.82, 2.24) is 4.98 Å². The van der Waals surface area contributed by atoms with Crippen molar-refractivity contribution in [3.63, 3.8) is 0 Å². The second kappa shape index (κ2) is 9.17. The number of amides is 1. The Bertz CT molecular complexity index is 1400. The van der Waals surface area contributed by atoms with Crippen LogP contribution in [0.4, 0.5) is 5.82 Å². The predicted octanol–water partition coefficient (Wildman–Crippen LogP) is 1.60. The third-order valence-corrected chi connectivity index (χ3v) is 7.98. The van der Waals surface area contributed by atoms with E-state index in [0.29, 0.717) is 41.4 Å². The second-order valence-electron chi connectivity index (χ2n) is 8.97. The number of fused-ring (bicyclic) bond motifs is 1. The number of benzene rings is 2. The molecule has 0 spiro atoms. The number of ether oxygens (including phenoxy) is 2. The quantitative estimate of drug-likeness (QED) is 0.387. The molecule has 0 saturated heterocycles. The van der Waals surface area contributed by atoms with E-state index in [4.69, 9.17) is 9.47 Å². The molecule has 1 aliphatic carbocycles. The summed E-state index contributed by atoms with van der Waals surface area (Å²) < 4.78 is 34.6.